The van der Waals surface area contributed by atoms with Crippen LogP contribution in [0.3, 0.4) is 0 Å². The Morgan fingerprint density at radius 1 is 0.964 bits per heavy atom. The van der Waals surface area contributed by atoms with Gasteiger partial charge in [-0.3, -0.25) is 4.79 Å². The van der Waals surface area contributed by atoms with Gasteiger partial charge in [-0.25, -0.2) is 8.42 Å². The molecule has 0 N–H and O–H groups in total. The van der Waals surface area contributed by atoms with Crippen molar-refractivity contribution >= 4 is 21.7 Å². The number of methoxy groups -OCH3 is 3. The van der Waals surface area contributed by atoms with E-state index in [0.29, 0.717) is 28.4 Å². The monoisotopic (exact) mass is 402 g/mol. The molecule has 0 aromatic heterocycles. The van der Waals surface area contributed by atoms with Crippen LogP contribution in [0.5, 0.6) is 17.2 Å². The summed E-state index contributed by atoms with van der Waals surface area (Å²) in [6.07, 6.45) is 1.81. The van der Waals surface area contributed by atoms with E-state index in [0.717, 1.165) is 5.56 Å². The molecule has 0 bridgehead atoms. The zero-order chi connectivity index (χ0) is 20.5. The van der Waals surface area contributed by atoms with Gasteiger partial charge >= 0.3 is 0 Å². The molecule has 3 rings (SSSR count). The van der Waals surface area contributed by atoms with Crippen molar-refractivity contribution < 1.29 is 27.4 Å². The Morgan fingerprint density at radius 3 is 2.18 bits per heavy atom. The van der Waals surface area contributed by atoms with E-state index in [2.05, 4.69) is 0 Å². The lowest BCUT2D eigenvalue weighted by Crippen LogP contribution is -2.07. The van der Waals surface area contributed by atoms with Crippen molar-refractivity contribution in [3.05, 3.63) is 52.6 Å². The van der Waals surface area contributed by atoms with Crippen molar-refractivity contribution in [1.29, 1.82) is 0 Å². The van der Waals surface area contributed by atoms with Crippen molar-refractivity contribution in [2.45, 2.75) is 18.2 Å². The van der Waals surface area contributed by atoms with Gasteiger partial charge in [0.05, 0.1) is 32.0 Å². The molecule has 0 radical (unpaired) electrons. The summed E-state index contributed by atoms with van der Waals surface area (Å²) in [5.74, 6) is 0.958. The number of Topliss-reactive ketones (excluding diaryl/α,β-unsaturated/α-hetero) is 1. The number of allylic oxidation sites excluding steroid dienone is 1. The fourth-order valence-corrected chi connectivity index (χ4v) is 4.73. The number of rotatable bonds is 4. The summed E-state index contributed by atoms with van der Waals surface area (Å²) in [7, 11) is 1.01. The Kier molecular flexibility index (Phi) is 5.47. The fourth-order valence-electron chi connectivity index (χ4n) is 3.26. The zero-order valence-electron chi connectivity index (χ0n) is 16.2. The number of hydrogen-bond donors (Lipinski definition) is 0. The van der Waals surface area contributed by atoms with Crippen LogP contribution in [0.2, 0.25) is 0 Å². The summed E-state index contributed by atoms with van der Waals surface area (Å²) in [4.78, 5) is 13.2. The maximum Gasteiger partial charge on any atom is 0.203 e. The summed E-state index contributed by atoms with van der Waals surface area (Å²) in [5.41, 5.74) is 2.13. The third-order valence-corrected chi connectivity index (χ3v) is 6.44. The van der Waals surface area contributed by atoms with Crippen LogP contribution in [-0.2, 0) is 9.84 Å². The Hall–Kier alpha value is -2.80. The first-order chi connectivity index (χ1) is 13.3. The van der Waals surface area contributed by atoms with Crippen LogP contribution < -0.4 is 14.2 Å². The molecule has 0 spiro atoms. The molecule has 0 atom stereocenters. The maximum absolute atomic E-state index is 13.1. The van der Waals surface area contributed by atoms with E-state index in [-0.39, 0.29) is 28.4 Å². The van der Waals surface area contributed by atoms with Gasteiger partial charge in [-0.1, -0.05) is 11.6 Å². The van der Waals surface area contributed by atoms with Gasteiger partial charge in [0, 0.05) is 11.1 Å². The smallest absolute Gasteiger partial charge is 0.203 e. The van der Waals surface area contributed by atoms with Gasteiger partial charge < -0.3 is 14.2 Å². The van der Waals surface area contributed by atoms with Crippen LogP contribution >= 0.6 is 0 Å². The van der Waals surface area contributed by atoms with Crippen LogP contribution in [0.25, 0.3) is 6.08 Å². The van der Waals surface area contributed by atoms with Crippen molar-refractivity contribution in [2.24, 2.45) is 0 Å². The molecule has 1 aliphatic heterocycles. The number of ether oxygens (including phenoxy) is 3. The van der Waals surface area contributed by atoms with Gasteiger partial charge in [0.15, 0.2) is 27.1 Å². The predicted molar refractivity (Wildman–Crippen MR) is 106 cm³/mol. The summed E-state index contributed by atoms with van der Waals surface area (Å²) < 4.78 is 41.2. The van der Waals surface area contributed by atoms with Crippen molar-refractivity contribution in [3.8, 4) is 17.2 Å². The zero-order valence-corrected chi connectivity index (χ0v) is 17.1. The number of aryl methyl sites for hydroxylation is 1. The van der Waals surface area contributed by atoms with Gasteiger partial charge in [0.1, 0.15) is 0 Å². The second-order valence-electron chi connectivity index (χ2n) is 6.53. The lowest BCUT2D eigenvalue weighted by Gasteiger charge is -2.13. The number of carbonyl (C=O) groups is 1. The van der Waals surface area contributed by atoms with Gasteiger partial charge in [0.25, 0.3) is 0 Å². The van der Waals surface area contributed by atoms with E-state index in [4.69, 9.17) is 14.2 Å². The lowest BCUT2D eigenvalue weighted by molar-refractivity contribution is 0.103. The molecule has 1 heterocycles. The topological polar surface area (TPSA) is 78.9 Å². The fraction of sp³-hybridized carbons (Fsp3) is 0.286. The van der Waals surface area contributed by atoms with Gasteiger partial charge in [-0.15, -0.1) is 0 Å². The van der Waals surface area contributed by atoms with Crippen molar-refractivity contribution in [3.63, 3.8) is 0 Å². The molecule has 6 nitrogen and oxygen atoms in total. The minimum atomic E-state index is -3.52. The van der Waals surface area contributed by atoms with Crippen LogP contribution in [0.1, 0.15) is 27.9 Å². The van der Waals surface area contributed by atoms with E-state index in [1.807, 2.05) is 6.92 Å². The number of ketones is 1. The number of fused-ring (bicyclic) bond motifs is 1. The molecule has 148 valence electrons. The highest BCUT2D eigenvalue weighted by Crippen LogP contribution is 2.39. The van der Waals surface area contributed by atoms with Crippen molar-refractivity contribution in [1.82, 2.24) is 0 Å². The number of benzene rings is 2. The summed E-state index contributed by atoms with van der Waals surface area (Å²) in [5, 5.41) is 0. The SMILES string of the molecule is COc1cc(/C=C2/CCS(=O)(=O)c3ccc(C)cc3C2=O)cc(OC)c1OC. The largest absolute Gasteiger partial charge is 0.493 e. The second-order valence-corrected chi connectivity index (χ2v) is 8.60. The average molecular weight is 402 g/mol. The Balaban J connectivity index is 2.14. The molecule has 0 saturated heterocycles. The predicted octanol–water partition coefficient (Wildman–Crippen LogP) is 3.46. The number of hydrogen-bond acceptors (Lipinski definition) is 6. The minimum absolute atomic E-state index is 0.0939. The molecule has 0 amide bonds. The molecule has 0 aliphatic carbocycles. The van der Waals surface area contributed by atoms with E-state index in [1.165, 1.54) is 27.4 Å². The molecule has 7 heteroatoms. The molecule has 2 aromatic rings. The van der Waals surface area contributed by atoms with Gasteiger partial charge in [-0.05, 0) is 49.2 Å². The molecule has 2 aromatic carbocycles. The van der Waals surface area contributed by atoms with Crippen LogP contribution in [0.4, 0.5) is 0 Å². The van der Waals surface area contributed by atoms with E-state index < -0.39 is 9.84 Å². The molecule has 0 unspecified atom stereocenters. The summed E-state index contributed by atoms with van der Waals surface area (Å²) >= 11 is 0. The molecular formula is C21H22O6S. The normalized spacial score (nSPS) is 17.0. The van der Waals surface area contributed by atoms with Gasteiger partial charge in [0.2, 0.25) is 5.75 Å². The Bertz CT molecular complexity index is 1040. The molecule has 0 saturated carbocycles. The number of sulfone groups is 1. The highest BCUT2D eigenvalue weighted by Gasteiger charge is 2.29. The summed E-state index contributed by atoms with van der Waals surface area (Å²) in [6.45, 7) is 1.83. The third-order valence-electron chi connectivity index (χ3n) is 4.67. The van der Waals surface area contributed by atoms with E-state index >= 15 is 0 Å². The first kappa shape index (κ1) is 19.9. The quantitative estimate of drug-likeness (QED) is 0.729. The molecule has 1 aliphatic rings. The average Bonchev–Trinajstić information content (AvgIpc) is 2.77. The van der Waals surface area contributed by atoms with Crippen LogP contribution in [-0.4, -0.2) is 41.3 Å². The van der Waals surface area contributed by atoms with Gasteiger partial charge in [-0.2, -0.15) is 0 Å². The number of carbonyl (C=O) groups excluding carboxylic acids is 1. The third kappa shape index (κ3) is 3.62. The second kappa shape index (κ2) is 7.67. The molecule has 0 fully saturated rings. The Morgan fingerprint density at radius 2 is 1.61 bits per heavy atom. The highest BCUT2D eigenvalue weighted by atomic mass is 32.2. The summed E-state index contributed by atoms with van der Waals surface area (Å²) in [6, 6.07) is 8.29. The molecule has 28 heavy (non-hydrogen) atoms. The maximum atomic E-state index is 13.1. The minimum Gasteiger partial charge on any atom is -0.493 e. The van der Waals surface area contributed by atoms with Crippen LogP contribution in [0, 0.1) is 6.92 Å². The molecular weight excluding hydrogens is 380 g/mol. The first-order valence-electron chi connectivity index (χ1n) is 8.69. The van der Waals surface area contributed by atoms with Crippen molar-refractivity contribution in [2.75, 3.05) is 27.1 Å². The Labute approximate surface area is 164 Å². The lowest BCUT2D eigenvalue weighted by atomic mass is 9.97. The van der Waals surface area contributed by atoms with E-state index in [9.17, 15) is 13.2 Å². The standard InChI is InChI=1S/C21H22O6S/c1-13-5-6-19-16(9-13)20(22)15(7-8-28(19,23)24)10-14-11-17(25-2)21(27-4)18(12-14)26-3/h5-6,9-12H,7-8H2,1-4H3/b15-10-. The van der Waals surface area contributed by atoms with Crippen LogP contribution in [0.15, 0.2) is 40.8 Å². The first-order valence-corrected chi connectivity index (χ1v) is 10.3. The highest BCUT2D eigenvalue weighted by molar-refractivity contribution is 7.91. The van der Waals surface area contributed by atoms with E-state index in [1.54, 1.807) is 30.3 Å².